The number of carbonyl (C=O) groups is 1. The van der Waals surface area contributed by atoms with Crippen molar-refractivity contribution in [3.8, 4) is 5.75 Å². The van der Waals surface area contributed by atoms with Crippen molar-refractivity contribution in [1.82, 2.24) is 4.72 Å². The molecule has 2 aromatic carbocycles. The van der Waals surface area contributed by atoms with Gasteiger partial charge < -0.3 is 4.74 Å². The molecule has 0 radical (unpaired) electrons. The molecule has 122 valence electrons. The Morgan fingerprint density at radius 1 is 1.13 bits per heavy atom. The fraction of sp³-hybridized carbons (Fsp3) is 0.235. The van der Waals surface area contributed by atoms with Crippen LogP contribution >= 0.6 is 0 Å². The molecule has 0 saturated carbocycles. The first-order valence-corrected chi connectivity index (χ1v) is 8.72. The third kappa shape index (κ3) is 4.10. The highest BCUT2D eigenvalue weighted by atomic mass is 32.2. The van der Waals surface area contributed by atoms with Gasteiger partial charge in [0.15, 0.2) is 0 Å². The molecule has 2 aromatic rings. The lowest BCUT2D eigenvalue weighted by Crippen LogP contribution is -2.34. The zero-order valence-corrected chi connectivity index (χ0v) is 13.8. The Hall–Kier alpha value is -2.34. The summed E-state index contributed by atoms with van der Waals surface area (Å²) in [6, 6.07) is 15.1. The second kappa shape index (κ2) is 7.28. The summed E-state index contributed by atoms with van der Waals surface area (Å²) in [6.07, 6.45) is 0.503. The Morgan fingerprint density at radius 3 is 2.43 bits per heavy atom. The van der Waals surface area contributed by atoms with E-state index in [1.54, 1.807) is 12.1 Å². The Morgan fingerprint density at radius 2 is 1.83 bits per heavy atom. The van der Waals surface area contributed by atoms with E-state index in [2.05, 4.69) is 4.72 Å². The molecule has 23 heavy (non-hydrogen) atoms. The maximum Gasteiger partial charge on any atom is 0.264 e. The van der Waals surface area contributed by atoms with E-state index in [1.807, 2.05) is 37.3 Å². The fourth-order valence-corrected chi connectivity index (χ4v) is 3.34. The zero-order chi connectivity index (χ0) is 16.9. The van der Waals surface area contributed by atoms with Crippen molar-refractivity contribution in [2.45, 2.75) is 24.2 Å². The van der Waals surface area contributed by atoms with Crippen LogP contribution in [0, 0.1) is 0 Å². The highest BCUT2D eigenvalue weighted by Gasteiger charge is 2.24. The van der Waals surface area contributed by atoms with Crippen LogP contribution in [0.5, 0.6) is 5.75 Å². The molecular weight excluding hydrogens is 314 g/mol. The average Bonchev–Trinajstić information content (AvgIpc) is 2.56. The van der Waals surface area contributed by atoms with Gasteiger partial charge in [-0.25, -0.2) is 13.1 Å². The first kappa shape index (κ1) is 17.0. The maximum absolute atomic E-state index is 12.4. The number of nitrogens with one attached hydrogen (secondary N) is 1. The standard InChI is InChI=1S/C17H19NO4S/c1-3-16(13-8-5-4-6-9-13)17(19)18-23(20,21)15-11-7-10-14(12-15)22-2/h4-12,16H,3H2,1-2H3,(H,18,19)/t16-/m0/s1. The van der Waals surface area contributed by atoms with Crippen LogP contribution < -0.4 is 9.46 Å². The van der Waals surface area contributed by atoms with Gasteiger partial charge in [-0.2, -0.15) is 0 Å². The highest BCUT2D eigenvalue weighted by Crippen LogP contribution is 2.21. The van der Waals surface area contributed by atoms with Gasteiger partial charge in [0.1, 0.15) is 5.75 Å². The third-order valence-corrected chi connectivity index (χ3v) is 4.86. The van der Waals surface area contributed by atoms with Crippen LogP contribution in [0.25, 0.3) is 0 Å². The van der Waals surface area contributed by atoms with Crippen molar-refractivity contribution >= 4 is 15.9 Å². The molecule has 0 aromatic heterocycles. The van der Waals surface area contributed by atoms with E-state index >= 15 is 0 Å². The van der Waals surface area contributed by atoms with Gasteiger partial charge in [-0.05, 0) is 24.1 Å². The Labute approximate surface area is 136 Å². The largest absolute Gasteiger partial charge is 0.497 e. The molecule has 1 amide bonds. The van der Waals surface area contributed by atoms with Crippen LogP contribution in [-0.4, -0.2) is 21.4 Å². The Kier molecular flexibility index (Phi) is 5.39. The topological polar surface area (TPSA) is 72.5 Å². The molecule has 6 heteroatoms. The molecule has 0 fully saturated rings. The van der Waals surface area contributed by atoms with E-state index in [-0.39, 0.29) is 4.90 Å². The van der Waals surface area contributed by atoms with Crippen LogP contribution in [-0.2, 0) is 14.8 Å². The number of hydrogen-bond donors (Lipinski definition) is 1. The highest BCUT2D eigenvalue weighted by molar-refractivity contribution is 7.90. The number of methoxy groups -OCH3 is 1. The summed E-state index contributed by atoms with van der Waals surface area (Å²) < 4.78 is 31.9. The lowest BCUT2D eigenvalue weighted by Gasteiger charge is -2.15. The van der Waals surface area contributed by atoms with Crippen molar-refractivity contribution in [3.05, 3.63) is 60.2 Å². The van der Waals surface area contributed by atoms with Crippen molar-refractivity contribution in [2.24, 2.45) is 0 Å². The van der Waals surface area contributed by atoms with Crippen LogP contribution in [0.2, 0.25) is 0 Å². The monoisotopic (exact) mass is 333 g/mol. The van der Waals surface area contributed by atoms with Gasteiger partial charge in [0, 0.05) is 6.07 Å². The second-order valence-corrected chi connectivity index (χ2v) is 6.70. The smallest absolute Gasteiger partial charge is 0.264 e. The SMILES string of the molecule is CC[C@H](C(=O)NS(=O)(=O)c1cccc(OC)c1)c1ccccc1. The number of sulfonamides is 1. The van der Waals surface area contributed by atoms with E-state index in [0.717, 1.165) is 5.56 Å². The summed E-state index contributed by atoms with van der Waals surface area (Å²) in [5.41, 5.74) is 0.786. The van der Waals surface area contributed by atoms with Gasteiger partial charge in [0.05, 0.1) is 17.9 Å². The number of benzene rings is 2. The predicted octanol–water partition coefficient (Wildman–Crippen LogP) is 2.69. The van der Waals surface area contributed by atoms with Crippen molar-refractivity contribution in [3.63, 3.8) is 0 Å². The summed E-state index contributed by atoms with van der Waals surface area (Å²) in [7, 11) is -2.48. The lowest BCUT2D eigenvalue weighted by atomic mass is 9.96. The molecule has 0 aliphatic rings. The van der Waals surface area contributed by atoms with E-state index < -0.39 is 21.8 Å². The molecule has 5 nitrogen and oxygen atoms in total. The Bertz CT molecular complexity index is 772. The summed E-state index contributed by atoms with van der Waals surface area (Å²) >= 11 is 0. The maximum atomic E-state index is 12.4. The third-order valence-electron chi connectivity index (χ3n) is 3.51. The van der Waals surface area contributed by atoms with Gasteiger partial charge in [-0.1, -0.05) is 43.3 Å². The minimum atomic E-state index is -3.93. The molecule has 2 rings (SSSR count). The number of amides is 1. The van der Waals surface area contributed by atoms with Crippen molar-refractivity contribution in [1.29, 1.82) is 0 Å². The van der Waals surface area contributed by atoms with E-state index in [0.29, 0.717) is 12.2 Å². The van der Waals surface area contributed by atoms with Gasteiger partial charge in [-0.3, -0.25) is 4.79 Å². The quantitative estimate of drug-likeness (QED) is 0.882. The lowest BCUT2D eigenvalue weighted by molar-refractivity contribution is -0.120. The minimum absolute atomic E-state index is 0.00638. The number of ether oxygens (including phenoxy) is 1. The van der Waals surface area contributed by atoms with Crippen LogP contribution in [0.15, 0.2) is 59.5 Å². The molecule has 1 atom stereocenters. The molecule has 0 aliphatic carbocycles. The zero-order valence-electron chi connectivity index (χ0n) is 13.0. The molecule has 0 heterocycles. The Balaban J connectivity index is 2.23. The van der Waals surface area contributed by atoms with Gasteiger partial charge in [-0.15, -0.1) is 0 Å². The molecule has 0 bridgehead atoms. The van der Waals surface area contributed by atoms with E-state index in [9.17, 15) is 13.2 Å². The first-order valence-electron chi connectivity index (χ1n) is 7.23. The number of carbonyl (C=O) groups excluding carboxylic acids is 1. The van der Waals surface area contributed by atoms with E-state index in [1.165, 1.54) is 19.2 Å². The second-order valence-electron chi connectivity index (χ2n) is 5.02. The van der Waals surface area contributed by atoms with E-state index in [4.69, 9.17) is 4.74 Å². The van der Waals surface area contributed by atoms with Gasteiger partial charge in [0.2, 0.25) is 5.91 Å². The molecule has 0 spiro atoms. The van der Waals surface area contributed by atoms with Crippen LogP contribution in [0.1, 0.15) is 24.8 Å². The molecular formula is C17H19NO4S. The summed E-state index contributed by atoms with van der Waals surface area (Å²) in [5, 5.41) is 0. The molecule has 1 N–H and O–H groups in total. The average molecular weight is 333 g/mol. The normalized spacial score (nSPS) is 12.4. The van der Waals surface area contributed by atoms with Crippen LogP contribution in [0.3, 0.4) is 0 Å². The summed E-state index contributed by atoms with van der Waals surface area (Å²) in [5.74, 6) is -0.645. The summed E-state index contributed by atoms with van der Waals surface area (Å²) in [4.78, 5) is 12.4. The minimum Gasteiger partial charge on any atom is -0.497 e. The van der Waals surface area contributed by atoms with Crippen molar-refractivity contribution < 1.29 is 17.9 Å². The molecule has 0 saturated heterocycles. The molecule has 0 unspecified atom stereocenters. The summed E-state index contributed by atoms with van der Waals surface area (Å²) in [6.45, 7) is 1.84. The van der Waals surface area contributed by atoms with Crippen molar-refractivity contribution in [2.75, 3.05) is 7.11 Å². The van der Waals surface area contributed by atoms with Gasteiger partial charge >= 0.3 is 0 Å². The van der Waals surface area contributed by atoms with Crippen LogP contribution in [0.4, 0.5) is 0 Å². The molecule has 0 aliphatic heterocycles. The number of hydrogen-bond acceptors (Lipinski definition) is 4. The predicted molar refractivity (Wildman–Crippen MR) is 87.8 cm³/mol. The first-order chi connectivity index (χ1) is 11.0. The fourth-order valence-electron chi connectivity index (χ4n) is 2.29. The number of rotatable bonds is 6. The van der Waals surface area contributed by atoms with Gasteiger partial charge in [0.25, 0.3) is 10.0 Å².